The first-order valence-corrected chi connectivity index (χ1v) is 12.3. The summed E-state index contributed by atoms with van der Waals surface area (Å²) >= 11 is -0.657. The van der Waals surface area contributed by atoms with Gasteiger partial charge < -0.3 is 0 Å². The summed E-state index contributed by atoms with van der Waals surface area (Å²) in [5.41, 5.74) is 0. The maximum atomic E-state index is 2.38. The minimum atomic E-state index is -0.657. The summed E-state index contributed by atoms with van der Waals surface area (Å²) in [5.74, 6) is 0. The van der Waals surface area contributed by atoms with E-state index >= 15 is 0 Å². The molecular weight excluding hydrogens is 215 g/mol. The molecule has 1 heteroatoms. The van der Waals surface area contributed by atoms with Gasteiger partial charge in [-0.15, -0.1) is 0 Å². The van der Waals surface area contributed by atoms with E-state index in [1.807, 2.05) is 0 Å². The Kier molecular flexibility index (Phi) is 2.59. The molecule has 0 rings (SSSR count). The van der Waals surface area contributed by atoms with Gasteiger partial charge in [-0.1, -0.05) is 0 Å². The summed E-state index contributed by atoms with van der Waals surface area (Å²) in [6.07, 6.45) is 0. The van der Waals surface area contributed by atoms with Crippen LogP contribution in [0.15, 0.2) is 0 Å². The molecule has 0 aromatic heterocycles. The van der Waals surface area contributed by atoms with Crippen LogP contribution in [0.3, 0.4) is 0 Å². The van der Waals surface area contributed by atoms with Crippen molar-refractivity contribution < 1.29 is 21.4 Å². The Morgan fingerprint density at radius 1 is 1.00 bits per heavy atom. The third kappa shape index (κ3) is 13.3. The predicted molar refractivity (Wildman–Crippen MR) is 17.6 cm³/mol. The van der Waals surface area contributed by atoms with Crippen LogP contribution in [-0.2, 0) is 21.4 Å². The van der Waals surface area contributed by atoms with Crippen molar-refractivity contribution in [2.45, 2.75) is 14.0 Å². The molecule has 0 radical (unpaired) electrons. The van der Waals surface area contributed by atoms with Gasteiger partial charge in [-0.2, -0.15) is 0 Å². The molecule has 0 aliphatic rings. The molecule has 0 N–H and O–H groups in total. The Hall–Kier alpha value is 0.870. The molecule has 0 saturated carbocycles. The van der Waals surface area contributed by atoms with E-state index < -0.39 is 21.4 Å². The molecule has 0 atom stereocenters. The van der Waals surface area contributed by atoms with Crippen molar-refractivity contribution in [1.82, 2.24) is 0 Å². The molecule has 0 aromatic rings. The van der Waals surface area contributed by atoms with Gasteiger partial charge in [-0.05, 0) is 0 Å². The van der Waals surface area contributed by atoms with Crippen LogP contribution in [0, 0.1) is 0 Å². The quantitative estimate of drug-likeness (QED) is 0.549. The Balaban J connectivity index is 2.32. The molecule has 0 aromatic carbocycles. The van der Waals surface area contributed by atoms with Gasteiger partial charge in [0.25, 0.3) is 0 Å². The SMILES string of the molecule is [CH3][Hf]([CH3])[CH3]. The summed E-state index contributed by atoms with van der Waals surface area (Å²) < 4.78 is 7.14. The monoisotopic (exact) mass is 225 g/mol. The number of hydrogen-bond donors (Lipinski definition) is 0. The van der Waals surface area contributed by atoms with Gasteiger partial charge in [-0.3, -0.25) is 0 Å². The van der Waals surface area contributed by atoms with E-state index in [4.69, 9.17) is 0 Å². The van der Waals surface area contributed by atoms with Crippen LogP contribution in [0.5, 0.6) is 0 Å². The zero-order valence-electron chi connectivity index (χ0n) is 3.50. The molecule has 0 amide bonds. The van der Waals surface area contributed by atoms with E-state index in [9.17, 15) is 0 Å². The summed E-state index contributed by atoms with van der Waals surface area (Å²) in [5, 5.41) is 0. The van der Waals surface area contributed by atoms with Crippen LogP contribution in [0.4, 0.5) is 0 Å². The summed E-state index contributed by atoms with van der Waals surface area (Å²) in [7, 11) is 0. The van der Waals surface area contributed by atoms with E-state index in [-0.39, 0.29) is 0 Å². The van der Waals surface area contributed by atoms with Crippen LogP contribution >= 0.6 is 0 Å². The molecule has 0 heterocycles. The van der Waals surface area contributed by atoms with Gasteiger partial charge in [0.1, 0.15) is 0 Å². The van der Waals surface area contributed by atoms with E-state index in [2.05, 4.69) is 14.0 Å². The van der Waals surface area contributed by atoms with Crippen molar-refractivity contribution in [3.63, 3.8) is 0 Å². The molecule has 25 valence electrons. The topological polar surface area (TPSA) is 0 Å². The van der Waals surface area contributed by atoms with Crippen LogP contribution < -0.4 is 0 Å². The fraction of sp³-hybridized carbons (Fsp3) is 1.00. The van der Waals surface area contributed by atoms with Gasteiger partial charge in [0, 0.05) is 0 Å². The van der Waals surface area contributed by atoms with Crippen LogP contribution in [0.1, 0.15) is 0 Å². The fourth-order valence-electron chi connectivity index (χ4n) is 0. The summed E-state index contributed by atoms with van der Waals surface area (Å²) in [4.78, 5) is 0. The molecule has 0 aliphatic heterocycles. The van der Waals surface area contributed by atoms with E-state index in [0.717, 1.165) is 0 Å². The van der Waals surface area contributed by atoms with Gasteiger partial charge in [0.05, 0.1) is 0 Å². The zero-order valence-corrected chi connectivity index (χ0v) is 7.09. The molecule has 4 heavy (non-hydrogen) atoms. The zero-order chi connectivity index (χ0) is 3.58. The van der Waals surface area contributed by atoms with Crippen molar-refractivity contribution in [3.8, 4) is 0 Å². The van der Waals surface area contributed by atoms with Crippen molar-refractivity contribution in [2.75, 3.05) is 0 Å². The Labute approximate surface area is 35.7 Å². The third-order valence-electron chi connectivity index (χ3n) is 0. The molecule has 0 nitrogen and oxygen atoms in total. The Morgan fingerprint density at radius 2 is 1.00 bits per heavy atom. The predicted octanol–water partition coefficient (Wildman–Crippen LogP) is 1.75. The van der Waals surface area contributed by atoms with Crippen molar-refractivity contribution in [1.29, 1.82) is 0 Å². The van der Waals surface area contributed by atoms with Gasteiger partial charge in [-0.25, -0.2) is 0 Å². The second kappa shape index (κ2) is 2.13. The molecule has 0 unspecified atom stereocenters. The van der Waals surface area contributed by atoms with Crippen molar-refractivity contribution >= 4 is 0 Å². The minimum absolute atomic E-state index is 0.657. The molecule has 0 saturated heterocycles. The van der Waals surface area contributed by atoms with Gasteiger partial charge in [0.2, 0.25) is 0 Å². The van der Waals surface area contributed by atoms with Crippen LogP contribution in [0.25, 0.3) is 0 Å². The molecule has 0 aliphatic carbocycles. The average Bonchev–Trinajstić information content (AvgIpc) is 0.811. The number of hydrogen-bond acceptors (Lipinski definition) is 0. The Morgan fingerprint density at radius 3 is 1.00 bits per heavy atom. The summed E-state index contributed by atoms with van der Waals surface area (Å²) in [6, 6.07) is 0. The second-order valence-electron chi connectivity index (χ2n) is 1.50. The third-order valence-corrected chi connectivity index (χ3v) is 0. The summed E-state index contributed by atoms with van der Waals surface area (Å²) in [6.45, 7) is 0. The second-order valence-corrected chi connectivity index (χ2v) is 12.3. The van der Waals surface area contributed by atoms with Gasteiger partial charge in [0.15, 0.2) is 0 Å². The molecule has 0 spiro atoms. The van der Waals surface area contributed by atoms with E-state index in [1.54, 1.807) is 0 Å². The van der Waals surface area contributed by atoms with Crippen LogP contribution in [-0.4, -0.2) is 0 Å². The molecular formula is C3H9Hf. The Bertz CT molecular complexity index is 8.00. The van der Waals surface area contributed by atoms with E-state index in [0.29, 0.717) is 0 Å². The standard InChI is InChI=1S/3CH3.Hf/h3*1H3;. The van der Waals surface area contributed by atoms with Gasteiger partial charge >= 0.3 is 35.5 Å². The molecule has 0 fully saturated rings. The first-order chi connectivity index (χ1) is 1.73. The number of rotatable bonds is 0. The first kappa shape index (κ1) is 4.87. The first-order valence-electron chi connectivity index (χ1n) is 1.50. The molecule has 0 bridgehead atoms. The van der Waals surface area contributed by atoms with Crippen LogP contribution in [0.2, 0.25) is 14.0 Å². The maximum absolute atomic E-state index is 2.38. The van der Waals surface area contributed by atoms with Crippen molar-refractivity contribution in [2.24, 2.45) is 0 Å². The normalized spacial score (nSPS) is 6.75. The van der Waals surface area contributed by atoms with Crippen molar-refractivity contribution in [3.05, 3.63) is 0 Å². The average molecular weight is 224 g/mol. The van der Waals surface area contributed by atoms with E-state index in [1.165, 1.54) is 0 Å². The fourth-order valence-corrected chi connectivity index (χ4v) is 0.